The number of hydroxylamine groups is 2. The van der Waals surface area contributed by atoms with Gasteiger partial charge in [-0.3, -0.25) is 14.2 Å². The Hall–Kier alpha value is -0.920. The van der Waals surface area contributed by atoms with Gasteiger partial charge in [-0.05, 0) is 18.9 Å². The number of rotatable bonds is 7. The van der Waals surface area contributed by atoms with Crippen molar-refractivity contribution in [1.29, 1.82) is 0 Å². The molecule has 0 rings (SSSR count). The van der Waals surface area contributed by atoms with Crippen molar-refractivity contribution in [3.63, 3.8) is 0 Å². The van der Waals surface area contributed by atoms with E-state index >= 15 is 0 Å². The first kappa shape index (κ1) is 14.1. The summed E-state index contributed by atoms with van der Waals surface area (Å²) in [5, 5.41) is 1.07. The Balaban J connectivity index is 3.83. The average molecular weight is 237 g/mol. The quantitative estimate of drug-likeness (QED) is 0.296. The number of hydrogen-bond acceptors (Lipinski definition) is 4. The molecule has 0 heterocycles. The molecule has 0 aliphatic rings. The van der Waals surface area contributed by atoms with E-state index in [1.165, 1.54) is 7.11 Å². The van der Waals surface area contributed by atoms with Crippen LogP contribution < -0.4 is 0 Å². The Kier molecular flexibility index (Phi) is 6.14. The molecule has 15 heavy (non-hydrogen) atoms. The first-order valence-electron chi connectivity index (χ1n) is 4.34. The summed E-state index contributed by atoms with van der Waals surface area (Å²) < 4.78 is 29.2. The van der Waals surface area contributed by atoms with Gasteiger partial charge in [0.2, 0.25) is 0 Å². The van der Waals surface area contributed by atoms with Gasteiger partial charge in [0.15, 0.2) is 0 Å². The molecule has 1 N–H and O–H groups in total. The minimum atomic E-state index is -3.92. The molecule has 0 bridgehead atoms. The Morgan fingerprint density at radius 3 is 2.53 bits per heavy atom. The minimum Gasteiger partial charge on any atom is -0.286 e. The van der Waals surface area contributed by atoms with E-state index < -0.39 is 10.1 Å². The van der Waals surface area contributed by atoms with Gasteiger partial charge in [-0.2, -0.15) is 8.42 Å². The van der Waals surface area contributed by atoms with Gasteiger partial charge < -0.3 is 0 Å². The molecule has 0 saturated carbocycles. The maximum Gasteiger partial charge on any atom is 0.269 e. The first-order valence-corrected chi connectivity index (χ1v) is 5.95. The van der Waals surface area contributed by atoms with Crippen molar-refractivity contribution in [2.45, 2.75) is 12.8 Å². The van der Waals surface area contributed by atoms with Crippen molar-refractivity contribution in [2.75, 3.05) is 19.4 Å². The van der Waals surface area contributed by atoms with Gasteiger partial charge >= 0.3 is 0 Å². The van der Waals surface area contributed by atoms with Crippen LogP contribution in [0.25, 0.3) is 0 Å². The molecule has 7 heteroatoms. The highest BCUT2D eigenvalue weighted by molar-refractivity contribution is 7.85. The van der Waals surface area contributed by atoms with Crippen molar-refractivity contribution in [3.05, 3.63) is 12.7 Å². The Morgan fingerprint density at radius 2 is 2.13 bits per heavy atom. The van der Waals surface area contributed by atoms with E-state index in [0.717, 1.165) is 11.1 Å². The van der Waals surface area contributed by atoms with Gasteiger partial charge in [0.25, 0.3) is 16.0 Å². The lowest BCUT2D eigenvalue weighted by atomic mass is 10.3. The second kappa shape index (κ2) is 6.54. The molecule has 0 unspecified atom stereocenters. The summed E-state index contributed by atoms with van der Waals surface area (Å²) in [4.78, 5) is 15.8. The summed E-state index contributed by atoms with van der Waals surface area (Å²) in [7, 11) is -2.58. The molecular formula is C8H15NO5S. The van der Waals surface area contributed by atoms with E-state index in [0.29, 0.717) is 6.42 Å². The summed E-state index contributed by atoms with van der Waals surface area (Å²) in [6, 6.07) is 0. The summed E-state index contributed by atoms with van der Waals surface area (Å²) in [5.41, 5.74) is 0. The van der Waals surface area contributed by atoms with Gasteiger partial charge in [0, 0.05) is 6.54 Å². The highest BCUT2D eigenvalue weighted by Gasteiger charge is 2.09. The van der Waals surface area contributed by atoms with Crippen LogP contribution >= 0.6 is 0 Å². The topological polar surface area (TPSA) is 83.9 Å². The summed E-state index contributed by atoms with van der Waals surface area (Å²) in [5.74, 6) is -0.698. The number of nitrogens with zero attached hydrogens (tertiary/aromatic N) is 1. The van der Waals surface area contributed by atoms with Gasteiger partial charge in [-0.15, -0.1) is 0 Å². The van der Waals surface area contributed by atoms with Crippen LogP contribution in [0.15, 0.2) is 12.7 Å². The van der Waals surface area contributed by atoms with E-state index in [2.05, 4.69) is 6.58 Å². The lowest BCUT2D eigenvalue weighted by molar-refractivity contribution is -0.170. The van der Waals surface area contributed by atoms with Gasteiger partial charge in [0.05, 0.1) is 12.9 Å². The molecule has 0 atom stereocenters. The fourth-order valence-electron chi connectivity index (χ4n) is 0.933. The van der Waals surface area contributed by atoms with Gasteiger partial charge in [-0.1, -0.05) is 6.58 Å². The van der Waals surface area contributed by atoms with Crippen molar-refractivity contribution in [3.8, 4) is 0 Å². The molecule has 0 aliphatic carbocycles. The number of unbranched alkanes of at least 4 members (excludes halogenated alkanes) is 1. The Bertz CT molecular complexity index is 311. The molecule has 0 radical (unpaired) electrons. The van der Waals surface area contributed by atoms with Crippen molar-refractivity contribution in [1.82, 2.24) is 5.06 Å². The Morgan fingerprint density at radius 1 is 1.53 bits per heavy atom. The predicted molar refractivity (Wildman–Crippen MR) is 54.6 cm³/mol. The van der Waals surface area contributed by atoms with Crippen LogP contribution in [0.3, 0.4) is 0 Å². The van der Waals surface area contributed by atoms with Crippen LogP contribution in [-0.4, -0.2) is 43.3 Å². The van der Waals surface area contributed by atoms with Gasteiger partial charge in [0.1, 0.15) is 0 Å². The average Bonchev–Trinajstić information content (AvgIpc) is 2.15. The first-order chi connectivity index (χ1) is 6.90. The molecule has 0 spiro atoms. The van der Waals surface area contributed by atoms with Crippen LogP contribution in [0, 0.1) is 0 Å². The summed E-state index contributed by atoms with van der Waals surface area (Å²) >= 11 is 0. The van der Waals surface area contributed by atoms with E-state index in [9.17, 15) is 13.2 Å². The highest BCUT2D eigenvalue weighted by Crippen LogP contribution is 1.99. The van der Waals surface area contributed by atoms with Crippen molar-refractivity contribution < 1.29 is 22.6 Å². The molecule has 0 aromatic carbocycles. The normalized spacial score (nSPS) is 11.1. The number of carbonyl (C=O) groups is 1. The fraction of sp³-hybridized carbons (Fsp3) is 0.625. The lowest BCUT2D eigenvalue weighted by Crippen LogP contribution is -2.29. The lowest BCUT2D eigenvalue weighted by Gasteiger charge is -2.17. The van der Waals surface area contributed by atoms with Crippen LogP contribution in [0.4, 0.5) is 0 Å². The molecule has 6 nitrogen and oxygen atoms in total. The van der Waals surface area contributed by atoms with Gasteiger partial charge in [-0.25, -0.2) is 5.06 Å². The van der Waals surface area contributed by atoms with E-state index in [-0.39, 0.29) is 24.6 Å². The zero-order valence-electron chi connectivity index (χ0n) is 8.55. The zero-order valence-corrected chi connectivity index (χ0v) is 9.37. The fourth-order valence-corrected chi connectivity index (χ4v) is 1.50. The van der Waals surface area contributed by atoms with Crippen LogP contribution in [-0.2, 0) is 19.8 Å². The zero-order chi connectivity index (χ0) is 11.9. The number of carbonyl (C=O) groups excluding carboxylic acids is 1. The standard InChI is InChI=1S/C8H15NO5S/c1-3-8(10)9(14-2)6-4-5-7-15(11,12)13/h3H,1,4-7H2,2H3,(H,11,12,13). The molecule has 1 amide bonds. The molecule has 88 valence electrons. The molecule has 0 aromatic rings. The highest BCUT2D eigenvalue weighted by atomic mass is 32.2. The maximum absolute atomic E-state index is 11.0. The van der Waals surface area contributed by atoms with Crippen LogP contribution in [0.2, 0.25) is 0 Å². The third-order valence-electron chi connectivity index (χ3n) is 1.65. The SMILES string of the molecule is C=CC(=O)N(CCCCS(=O)(=O)O)OC. The number of amides is 1. The molecular weight excluding hydrogens is 222 g/mol. The largest absolute Gasteiger partial charge is 0.286 e. The third-order valence-corrected chi connectivity index (χ3v) is 2.46. The molecule has 0 aliphatic heterocycles. The van der Waals surface area contributed by atoms with E-state index in [1.54, 1.807) is 0 Å². The Labute approximate surface area is 89.2 Å². The van der Waals surface area contributed by atoms with Crippen LogP contribution in [0.1, 0.15) is 12.8 Å². The molecule has 0 saturated heterocycles. The second-order valence-corrected chi connectivity index (χ2v) is 4.39. The maximum atomic E-state index is 11.0. The van der Waals surface area contributed by atoms with Crippen molar-refractivity contribution in [2.24, 2.45) is 0 Å². The summed E-state index contributed by atoms with van der Waals surface area (Å²) in [6.45, 7) is 3.55. The van der Waals surface area contributed by atoms with E-state index in [1.807, 2.05) is 0 Å². The van der Waals surface area contributed by atoms with Crippen molar-refractivity contribution >= 4 is 16.0 Å². The predicted octanol–water partition coefficient (Wildman–Crippen LogP) is 0.230. The van der Waals surface area contributed by atoms with Crippen LogP contribution in [0.5, 0.6) is 0 Å². The van der Waals surface area contributed by atoms with E-state index in [4.69, 9.17) is 9.39 Å². The third kappa shape index (κ3) is 7.06. The number of hydrogen-bond donors (Lipinski definition) is 1. The minimum absolute atomic E-state index is 0.261. The monoisotopic (exact) mass is 237 g/mol. The summed E-state index contributed by atoms with van der Waals surface area (Å²) in [6.07, 6.45) is 1.79. The smallest absolute Gasteiger partial charge is 0.269 e. The molecule has 0 fully saturated rings. The molecule has 0 aromatic heterocycles. The second-order valence-electron chi connectivity index (χ2n) is 2.82.